The molecule has 0 fully saturated rings. The van der Waals surface area contributed by atoms with Gasteiger partial charge in [-0.2, -0.15) is 0 Å². The molecule has 1 aromatic rings. The van der Waals surface area contributed by atoms with Crippen molar-refractivity contribution in [2.45, 2.75) is 12.7 Å². The molecule has 0 amide bonds. The molecule has 0 saturated heterocycles. The number of ketones is 1. The molecule has 0 saturated carbocycles. The van der Waals surface area contributed by atoms with Crippen LogP contribution in [0.15, 0.2) is 5.38 Å². The van der Waals surface area contributed by atoms with E-state index in [1.165, 1.54) is 12.3 Å². The summed E-state index contributed by atoms with van der Waals surface area (Å²) in [6.45, 7) is 1.37. The first-order valence-corrected chi connectivity index (χ1v) is 5.94. The maximum absolute atomic E-state index is 10.8. The van der Waals surface area contributed by atoms with Gasteiger partial charge in [0.2, 0.25) is 10.0 Å². The number of Topliss-reactive ketones (excluding diaryl/α,β-unsaturated/α-hetero) is 1. The van der Waals surface area contributed by atoms with Crippen molar-refractivity contribution >= 4 is 27.1 Å². The number of hydrogen-bond donors (Lipinski definition) is 1. The van der Waals surface area contributed by atoms with Crippen molar-refractivity contribution in [3.63, 3.8) is 0 Å². The standard InChI is InChI=1S/C6H8N2O3S2/c1-4(9)5-2-12-6(8-5)3-13(7,10)11/h2H,3H2,1H3,(H2,7,10,11). The lowest BCUT2D eigenvalue weighted by atomic mass is 10.4. The van der Waals surface area contributed by atoms with Crippen molar-refractivity contribution < 1.29 is 13.2 Å². The van der Waals surface area contributed by atoms with Gasteiger partial charge in [-0.25, -0.2) is 18.5 Å². The van der Waals surface area contributed by atoms with Gasteiger partial charge in [-0.15, -0.1) is 11.3 Å². The molecule has 1 rings (SSSR count). The van der Waals surface area contributed by atoms with E-state index < -0.39 is 10.0 Å². The molecule has 13 heavy (non-hydrogen) atoms. The van der Waals surface area contributed by atoms with Crippen LogP contribution in [0.5, 0.6) is 0 Å². The van der Waals surface area contributed by atoms with Crippen molar-refractivity contribution in [3.8, 4) is 0 Å². The summed E-state index contributed by atoms with van der Waals surface area (Å²) in [5, 5.41) is 6.66. The Bertz CT molecular complexity index is 421. The van der Waals surface area contributed by atoms with Gasteiger partial charge in [-0.1, -0.05) is 0 Å². The lowest BCUT2D eigenvalue weighted by molar-refractivity contribution is 0.101. The molecule has 1 heterocycles. The number of thiazole rings is 1. The predicted molar refractivity (Wildman–Crippen MR) is 48.9 cm³/mol. The van der Waals surface area contributed by atoms with Crippen LogP contribution in [0.2, 0.25) is 0 Å². The first kappa shape index (κ1) is 10.3. The fraction of sp³-hybridized carbons (Fsp3) is 0.333. The van der Waals surface area contributed by atoms with E-state index >= 15 is 0 Å². The summed E-state index contributed by atoms with van der Waals surface area (Å²) in [4.78, 5) is 14.6. The number of rotatable bonds is 3. The quantitative estimate of drug-likeness (QED) is 0.733. The third kappa shape index (κ3) is 3.21. The lowest BCUT2D eigenvalue weighted by Gasteiger charge is -1.91. The van der Waals surface area contributed by atoms with Crippen LogP contribution in [0, 0.1) is 0 Å². The Kier molecular flexibility index (Phi) is 2.79. The Morgan fingerprint density at radius 3 is 2.69 bits per heavy atom. The van der Waals surface area contributed by atoms with Crippen molar-refractivity contribution in [1.29, 1.82) is 0 Å². The minimum absolute atomic E-state index is 0.183. The third-order valence-corrected chi connectivity index (χ3v) is 2.94. The van der Waals surface area contributed by atoms with Crippen LogP contribution in [0.1, 0.15) is 22.4 Å². The highest BCUT2D eigenvalue weighted by atomic mass is 32.2. The molecular weight excluding hydrogens is 212 g/mol. The Balaban J connectivity index is 2.87. The largest absolute Gasteiger partial charge is 0.293 e. The highest BCUT2D eigenvalue weighted by Gasteiger charge is 2.11. The summed E-state index contributed by atoms with van der Waals surface area (Å²) >= 11 is 1.11. The number of primary sulfonamides is 1. The van der Waals surface area contributed by atoms with Gasteiger partial charge in [0.05, 0.1) is 0 Å². The predicted octanol–water partition coefficient (Wildman–Crippen LogP) is 0.134. The molecule has 0 bridgehead atoms. The zero-order valence-electron chi connectivity index (χ0n) is 6.85. The lowest BCUT2D eigenvalue weighted by Crippen LogP contribution is -2.14. The molecule has 0 aliphatic carbocycles. The second kappa shape index (κ2) is 3.52. The summed E-state index contributed by atoms with van der Waals surface area (Å²) in [5.74, 6) is -0.498. The number of hydrogen-bond acceptors (Lipinski definition) is 5. The van der Waals surface area contributed by atoms with Crippen LogP contribution >= 0.6 is 11.3 Å². The van der Waals surface area contributed by atoms with E-state index in [1.54, 1.807) is 0 Å². The van der Waals surface area contributed by atoms with Gasteiger partial charge in [-0.3, -0.25) is 4.79 Å². The normalized spacial score (nSPS) is 11.5. The fourth-order valence-corrected chi connectivity index (χ4v) is 2.50. The number of nitrogens with zero attached hydrogens (tertiary/aromatic N) is 1. The Hall–Kier alpha value is -0.790. The number of carbonyl (C=O) groups is 1. The highest BCUT2D eigenvalue weighted by Crippen LogP contribution is 2.12. The van der Waals surface area contributed by atoms with Gasteiger partial charge in [0.15, 0.2) is 5.78 Å². The summed E-state index contributed by atoms with van der Waals surface area (Å²) in [7, 11) is -3.55. The van der Waals surface area contributed by atoms with Gasteiger partial charge in [-0.05, 0) is 0 Å². The average Bonchev–Trinajstić information content (AvgIpc) is 2.31. The van der Waals surface area contributed by atoms with Crippen LogP contribution in [0.3, 0.4) is 0 Å². The Morgan fingerprint density at radius 2 is 2.31 bits per heavy atom. The van der Waals surface area contributed by atoms with E-state index in [4.69, 9.17) is 5.14 Å². The number of carbonyl (C=O) groups excluding carboxylic acids is 1. The summed E-state index contributed by atoms with van der Waals surface area (Å²) in [6.07, 6.45) is 0. The number of nitrogens with two attached hydrogens (primary N) is 1. The van der Waals surface area contributed by atoms with E-state index in [-0.39, 0.29) is 17.2 Å². The van der Waals surface area contributed by atoms with Crippen molar-refractivity contribution in [2.24, 2.45) is 5.14 Å². The summed E-state index contributed by atoms with van der Waals surface area (Å²) < 4.78 is 21.3. The van der Waals surface area contributed by atoms with Crippen molar-refractivity contribution in [3.05, 3.63) is 16.1 Å². The molecule has 0 aliphatic heterocycles. The SMILES string of the molecule is CC(=O)c1csc(CS(N)(=O)=O)n1. The highest BCUT2D eigenvalue weighted by molar-refractivity contribution is 7.88. The van der Waals surface area contributed by atoms with E-state index in [0.717, 1.165) is 11.3 Å². The molecule has 0 unspecified atom stereocenters. The second-order valence-corrected chi connectivity index (χ2v) is 5.05. The molecule has 5 nitrogen and oxygen atoms in total. The molecule has 7 heteroatoms. The van der Waals surface area contributed by atoms with Crippen LogP contribution in [-0.4, -0.2) is 19.2 Å². The molecule has 72 valence electrons. The monoisotopic (exact) mass is 220 g/mol. The Morgan fingerprint density at radius 1 is 1.69 bits per heavy atom. The molecule has 0 aliphatic rings. The van der Waals surface area contributed by atoms with Gasteiger partial charge in [0, 0.05) is 12.3 Å². The first-order chi connectivity index (χ1) is 5.88. The molecular formula is C6H8N2O3S2. The molecule has 0 radical (unpaired) electrons. The summed E-state index contributed by atoms with van der Waals surface area (Å²) in [5.41, 5.74) is 0.281. The van der Waals surface area contributed by atoms with Gasteiger partial charge in [0.1, 0.15) is 16.5 Å². The van der Waals surface area contributed by atoms with Crippen LogP contribution in [0.4, 0.5) is 0 Å². The zero-order valence-corrected chi connectivity index (χ0v) is 8.48. The Labute approximate surface area is 79.6 Å². The van der Waals surface area contributed by atoms with E-state index in [9.17, 15) is 13.2 Å². The average molecular weight is 220 g/mol. The van der Waals surface area contributed by atoms with E-state index in [0.29, 0.717) is 5.01 Å². The molecule has 0 aromatic carbocycles. The number of sulfonamides is 1. The van der Waals surface area contributed by atoms with Gasteiger partial charge >= 0.3 is 0 Å². The molecule has 2 N–H and O–H groups in total. The van der Waals surface area contributed by atoms with Crippen LogP contribution in [-0.2, 0) is 15.8 Å². The minimum atomic E-state index is -3.55. The van der Waals surface area contributed by atoms with Crippen molar-refractivity contribution in [2.75, 3.05) is 0 Å². The van der Waals surface area contributed by atoms with Crippen molar-refractivity contribution in [1.82, 2.24) is 4.98 Å². The fourth-order valence-electron chi connectivity index (χ4n) is 0.711. The zero-order chi connectivity index (χ0) is 10.1. The maximum Gasteiger partial charge on any atom is 0.215 e. The molecule has 0 atom stereocenters. The second-order valence-electron chi connectivity index (χ2n) is 2.49. The van der Waals surface area contributed by atoms with Gasteiger partial charge < -0.3 is 0 Å². The van der Waals surface area contributed by atoms with Gasteiger partial charge in [0.25, 0.3) is 0 Å². The smallest absolute Gasteiger partial charge is 0.215 e. The van der Waals surface area contributed by atoms with E-state index in [1.807, 2.05) is 0 Å². The first-order valence-electron chi connectivity index (χ1n) is 3.34. The molecule has 1 aromatic heterocycles. The minimum Gasteiger partial charge on any atom is -0.293 e. The number of aromatic nitrogens is 1. The van der Waals surface area contributed by atoms with Crippen LogP contribution in [0.25, 0.3) is 0 Å². The maximum atomic E-state index is 10.8. The van der Waals surface area contributed by atoms with E-state index in [2.05, 4.69) is 4.98 Å². The topological polar surface area (TPSA) is 90.1 Å². The van der Waals surface area contributed by atoms with Crippen LogP contribution < -0.4 is 5.14 Å². The molecule has 0 spiro atoms. The summed E-state index contributed by atoms with van der Waals surface area (Å²) in [6, 6.07) is 0. The third-order valence-electron chi connectivity index (χ3n) is 1.24.